The summed E-state index contributed by atoms with van der Waals surface area (Å²) in [5.41, 5.74) is 10.9. The van der Waals surface area contributed by atoms with Gasteiger partial charge < -0.3 is 9.88 Å². The number of nitrogens with zero attached hydrogens (tertiary/aromatic N) is 3. The first-order valence-corrected chi connectivity index (χ1v) is 15.3. The van der Waals surface area contributed by atoms with Gasteiger partial charge in [-0.15, -0.1) is 0 Å². The molecule has 3 aliphatic rings. The summed E-state index contributed by atoms with van der Waals surface area (Å²) in [5, 5.41) is 1.96. The van der Waals surface area contributed by atoms with Crippen molar-refractivity contribution in [2.45, 2.75) is 46.0 Å². The number of hydrogen-bond donors (Lipinski definition) is 1. The number of halogens is 1. The zero-order chi connectivity index (χ0) is 28.4. The molecule has 1 saturated heterocycles. The van der Waals surface area contributed by atoms with Crippen molar-refractivity contribution in [2.75, 3.05) is 32.7 Å². The van der Waals surface area contributed by atoms with E-state index in [2.05, 4.69) is 82.7 Å². The van der Waals surface area contributed by atoms with Crippen LogP contribution in [0.2, 0.25) is 5.02 Å². The van der Waals surface area contributed by atoms with Gasteiger partial charge in [0.05, 0.1) is 0 Å². The second-order valence-corrected chi connectivity index (χ2v) is 13.0. The van der Waals surface area contributed by atoms with Crippen LogP contribution in [0, 0.1) is 5.41 Å². The fourth-order valence-corrected chi connectivity index (χ4v) is 6.67. The van der Waals surface area contributed by atoms with Gasteiger partial charge in [0.25, 0.3) is 0 Å². The molecule has 0 unspecified atom stereocenters. The lowest BCUT2D eigenvalue weighted by molar-refractivity contribution is 0.169. The first-order valence-electron chi connectivity index (χ1n) is 15.0. The quantitative estimate of drug-likeness (QED) is 0.313. The van der Waals surface area contributed by atoms with Crippen LogP contribution in [0.4, 0.5) is 0 Å². The molecule has 0 bridgehead atoms. The molecule has 3 aromatic rings. The highest BCUT2D eigenvalue weighted by Crippen LogP contribution is 2.43. The van der Waals surface area contributed by atoms with E-state index in [-0.39, 0.29) is 0 Å². The third-order valence-corrected chi connectivity index (χ3v) is 9.21. The summed E-state index contributed by atoms with van der Waals surface area (Å²) in [6, 6.07) is 12.8. The zero-order valence-corrected chi connectivity index (χ0v) is 25.2. The summed E-state index contributed by atoms with van der Waals surface area (Å²) in [6.45, 7) is 14.3. The number of pyridine rings is 1. The molecule has 0 amide bonds. The molecular formula is C36H41ClN4. The fraction of sp³-hybridized carbons (Fsp3) is 0.361. The highest BCUT2D eigenvalue weighted by Gasteiger charge is 2.29. The number of rotatable bonds is 7. The first kappa shape index (κ1) is 27.8. The number of H-pyrrole nitrogens is 1. The number of allylic oxidation sites excluding steroid dienone is 7. The third-order valence-electron chi connectivity index (χ3n) is 8.96. The minimum Gasteiger partial charge on any atom is -0.369 e. The Morgan fingerprint density at radius 3 is 2.66 bits per heavy atom. The number of piperazine rings is 1. The molecule has 2 aliphatic carbocycles. The van der Waals surface area contributed by atoms with Crippen LogP contribution in [0.3, 0.4) is 0 Å². The van der Waals surface area contributed by atoms with Crippen molar-refractivity contribution < 1.29 is 0 Å². The Labute approximate surface area is 249 Å². The van der Waals surface area contributed by atoms with Crippen molar-refractivity contribution in [2.24, 2.45) is 5.41 Å². The fourth-order valence-electron chi connectivity index (χ4n) is 6.55. The van der Waals surface area contributed by atoms with Crippen molar-refractivity contribution in [3.05, 3.63) is 118 Å². The van der Waals surface area contributed by atoms with E-state index in [1.807, 2.05) is 30.6 Å². The van der Waals surface area contributed by atoms with Gasteiger partial charge in [0.15, 0.2) is 0 Å². The molecule has 1 aromatic carbocycles. The number of aromatic amines is 1. The second kappa shape index (κ2) is 11.9. The van der Waals surface area contributed by atoms with Crippen molar-refractivity contribution in [1.82, 2.24) is 19.8 Å². The van der Waals surface area contributed by atoms with E-state index >= 15 is 0 Å². The summed E-state index contributed by atoms with van der Waals surface area (Å²) in [6.07, 6.45) is 18.4. The molecule has 6 rings (SSSR count). The minimum atomic E-state index is 0.342. The summed E-state index contributed by atoms with van der Waals surface area (Å²) in [5.74, 6) is 0. The number of fused-ring (bicyclic) bond motifs is 1. The zero-order valence-electron chi connectivity index (χ0n) is 24.4. The van der Waals surface area contributed by atoms with E-state index < -0.39 is 0 Å². The molecule has 0 radical (unpaired) electrons. The van der Waals surface area contributed by atoms with Gasteiger partial charge in [0.1, 0.15) is 5.65 Å². The van der Waals surface area contributed by atoms with E-state index in [1.54, 1.807) is 5.57 Å². The minimum absolute atomic E-state index is 0.342. The Morgan fingerprint density at radius 1 is 1.07 bits per heavy atom. The highest BCUT2D eigenvalue weighted by atomic mass is 35.5. The summed E-state index contributed by atoms with van der Waals surface area (Å²) in [7, 11) is 0. The van der Waals surface area contributed by atoms with Gasteiger partial charge >= 0.3 is 0 Å². The van der Waals surface area contributed by atoms with Gasteiger partial charge in [-0.05, 0) is 95.7 Å². The van der Waals surface area contributed by atoms with E-state index in [1.165, 1.54) is 46.4 Å². The maximum Gasteiger partial charge on any atom is 0.137 e. The Kier molecular flexibility index (Phi) is 8.05. The van der Waals surface area contributed by atoms with Gasteiger partial charge in [0.2, 0.25) is 0 Å². The van der Waals surface area contributed by atoms with Crippen LogP contribution in [0.15, 0.2) is 102 Å². The van der Waals surface area contributed by atoms with E-state index in [0.717, 1.165) is 68.0 Å². The van der Waals surface area contributed by atoms with Crippen molar-refractivity contribution in [3.8, 4) is 0 Å². The van der Waals surface area contributed by atoms with Gasteiger partial charge in [-0.3, -0.25) is 4.90 Å². The topological polar surface area (TPSA) is 35.2 Å². The molecular weight excluding hydrogens is 524 g/mol. The molecule has 3 heterocycles. The van der Waals surface area contributed by atoms with Crippen LogP contribution in [0.25, 0.3) is 16.6 Å². The average Bonchev–Trinajstić information content (AvgIpc) is 3.34. The van der Waals surface area contributed by atoms with Gasteiger partial charge in [0, 0.05) is 61.2 Å². The first-order chi connectivity index (χ1) is 19.9. The van der Waals surface area contributed by atoms with Gasteiger partial charge in [-0.2, -0.15) is 0 Å². The molecule has 2 aromatic heterocycles. The van der Waals surface area contributed by atoms with E-state index in [0.29, 0.717) is 5.41 Å². The Balaban J connectivity index is 1.15. The maximum absolute atomic E-state index is 6.22. The molecule has 5 heteroatoms. The lowest BCUT2D eigenvalue weighted by atomic mass is 9.72. The van der Waals surface area contributed by atoms with Crippen LogP contribution < -0.4 is 0 Å². The van der Waals surface area contributed by atoms with Crippen molar-refractivity contribution in [3.63, 3.8) is 0 Å². The number of aromatic nitrogens is 2. The summed E-state index contributed by atoms with van der Waals surface area (Å²) >= 11 is 6.22. The number of nitrogens with one attached hydrogen (secondary N) is 1. The van der Waals surface area contributed by atoms with Crippen molar-refractivity contribution >= 4 is 28.2 Å². The molecule has 1 fully saturated rings. The van der Waals surface area contributed by atoms with Crippen LogP contribution in [0.5, 0.6) is 0 Å². The van der Waals surface area contributed by atoms with Gasteiger partial charge in [-0.25, -0.2) is 4.98 Å². The monoisotopic (exact) mass is 564 g/mol. The molecule has 4 nitrogen and oxygen atoms in total. The molecule has 41 heavy (non-hydrogen) atoms. The molecule has 0 spiro atoms. The van der Waals surface area contributed by atoms with Crippen LogP contribution >= 0.6 is 11.6 Å². The van der Waals surface area contributed by atoms with Gasteiger partial charge in [-0.1, -0.05) is 68.0 Å². The lowest BCUT2D eigenvalue weighted by Gasteiger charge is -2.39. The predicted molar refractivity (Wildman–Crippen MR) is 173 cm³/mol. The standard InChI is InChI=1S/C36H41ClN4/c1-4-27-6-5-7-33(22-31(27)21-26-20-29-13-15-38-35(29)39-24-26)41-18-16-40(17-19-41)25-30-12-14-36(2,3)23-34(30)28-8-10-32(37)11-9-28/h4,6-11,13,15,20,22,24H,1,5,12,14,16-19,21,23,25H2,2-3H3,(H,38,39). The Bertz CT molecular complexity index is 1540. The number of hydrogen-bond acceptors (Lipinski definition) is 3. The number of benzene rings is 1. The third kappa shape index (κ3) is 6.45. The van der Waals surface area contributed by atoms with E-state index in [9.17, 15) is 0 Å². The predicted octanol–water partition coefficient (Wildman–Crippen LogP) is 8.37. The highest BCUT2D eigenvalue weighted by molar-refractivity contribution is 6.30. The summed E-state index contributed by atoms with van der Waals surface area (Å²) < 4.78 is 0. The SMILES string of the molecule is C=CC1=CCC=C(N2CCN(CC3=C(c4ccc(Cl)cc4)CC(C)(C)CC3)CC2)C=C1Cc1cnc2[nH]ccc2c1. The smallest absolute Gasteiger partial charge is 0.137 e. The van der Waals surface area contributed by atoms with Crippen LogP contribution in [0.1, 0.15) is 50.7 Å². The van der Waals surface area contributed by atoms with E-state index in [4.69, 9.17) is 11.6 Å². The van der Waals surface area contributed by atoms with Crippen LogP contribution in [-0.2, 0) is 6.42 Å². The maximum atomic E-state index is 6.22. The molecule has 0 saturated carbocycles. The normalized spacial score (nSPS) is 20.0. The second-order valence-electron chi connectivity index (χ2n) is 12.5. The van der Waals surface area contributed by atoms with Crippen LogP contribution in [-0.4, -0.2) is 52.5 Å². The molecule has 1 N–H and O–H groups in total. The lowest BCUT2D eigenvalue weighted by Crippen LogP contribution is -2.46. The Morgan fingerprint density at radius 2 is 1.88 bits per heavy atom. The Hall–Kier alpha value is -3.34. The van der Waals surface area contributed by atoms with Crippen molar-refractivity contribution in [1.29, 1.82) is 0 Å². The molecule has 1 aliphatic heterocycles. The average molecular weight is 565 g/mol. The summed E-state index contributed by atoms with van der Waals surface area (Å²) in [4.78, 5) is 13.0. The molecule has 0 atom stereocenters. The molecule has 212 valence electrons. The largest absolute Gasteiger partial charge is 0.369 e.